The number of hydrogen-bond donors (Lipinski definition) is 1. The molecule has 0 spiro atoms. The molecule has 3 nitrogen and oxygen atoms in total. The molecule has 4 atom stereocenters. The van der Waals surface area contributed by atoms with E-state index in [-0.39, 0.29) is 0 Å². The van der Waals surface area contributed by atoms with E-state index in [1.807, 2.05) is 0 Å². The van der Waals surface area contributed by atoms with Crippen LogP contribution >= 0.6 is 0 Å². The number of likely N-dealkylation sites (tertiary alicyclic amines) is 1. The van der Waals surface area contributed by atoms with Crippen molar-refractivity contribution in [1.82, 2.24) is 9.80 Å². The van der Waals surface area contributed by atoms with Crippen LogP contribution in [-0.4, -0.2) is 55.1 Å². The number of likely N-dealkylation sites (N-methyl/N-ethyl adjacent to an activating group) is 2. The summed E-state index contributed by atoms with van der Waals surface area (Å²) in [6, 6.07) is 1.22. The molecule has 1 saturated carbocycles. The van der Waals surface area contributed by atoms with Crippen molar-refractivity contribution in [3.63, 3.8) is 0 Å². The van der Waals surface area contributed by atoms with Crippen LogP contribution in [0.15, 0.2) is 0 Å². The molecule has 21 heavy (non-hydrogen) atoms. The van der Waals surface area contributed by atoms with Crippen LogP contribution in [0.2, 0.25) is 0 Å². The average molecular weight is 296 g/mol. The Morgan fingerprint density at radius 2 is 1.95 bits per heavy atom. The Bertz CT molecular complexity index is 294. The van der Waals surface area contributed by atoms with E-state index in [2.05, 4.69) is 30.7 Å². The fraction of sp³-hybridized carbons (Fsp3) is 1.00. The third-order valence-electron chi connectivity index (χ3n) is 5.82. The quantitative estimate of drug-likeness (QED) is 0.784. The van der Waals surface area contributed by atoms with Gasteiger partial charge in [0.15, 0.2) is 0 Å². The zero-order valence-corrected chi connectivity index (χ0v) is 14.6. The standard InChI is InChI=1S/C18H37N3/c1-4-7-15-9-10-18(19)16(12-15)13-20(3)14-17-8-6-11-21(17)5-2/h15-18H,4-14,19H2,1-3H3. The van der Waals surface area contributed by atoms with E-state index in [1.165, 1.54) is 71.1 Å². The van der Waals surface area contributed by atoms with E-state index >= 15 is 0 Å². The van der Waals surface area contributed by atoms with Gasteiger partial charge >= 0.3 is 0 Å². The summed E-state index contributed by atoms with van der Waals surface area (Å²) in [4.78, 5) is 5.22. The molecule has 1 aliphatic heterocycles. The summed E-state index contributed by atoms with van der Waals surface area (Å²) < 4.78 is 0. The maximum atomic E-state index is 6.41. The highest BCUT2D eigenvalue weighted by atomic mass is 15.2. The highest BCUT2D eigenvalue weighted by Crippen LogP contribution is 2.32. The third-order valence-corrected chi connectivity index (χ3v) is 5.82. The van der Waals surface area contributed by atoms with E-state index < -0.39 is 0 Å². The fourth-order valence-electron chi connectivity index (χ4n) is 4.62. The molecule has 3 heteroatoms. The first-order chi connectivity index (χ1) is 10.1. The van der Waals surface area contributed by atoms with E-state index in [0.717, 1.165) is 17.9 Å². The second-order valence-corrected chi connectivity index (χ2v) is 7.54. The van der Waals surface area contributed by atoms with Gasteiger partial charge in [-0.3, -0.25) is 4.90 Å². The first-order valence-electron chi connectivity index (χ1n) is 9.32. The Morgan fingerprint density at radius 3 is 2.67 bits per heavy atom. The first-order valence-corrected chi connectivity index (χ1v) is 9.32. The lowest BCUT2D eigenvalue weighted by Crippen LogP contribution is -2.45. The normalized spacial score (nSPS) is 34.7. The molecule has 0 amide bonds. The summed E-state index contributed by atoms with van der Waals surface area (Å²) in [5.74, 6) is 1.66. The van der Waals surface area contributed by atoms with Gasteiger partial charge in [-0.05, 0) is 64.1 Å². The average Bonchev–Trinajstić information content (AvgIpc) is 2.90. The summed E-state index contributed by atoms with van der Waals surface area (Å²) in [6.45, 7) is 9.56. The van der Waals surface area contributed by atoms with Gasteiger partial charge in [0.25, 0.3) is 0 Å². The lowest BCUT2D eigenvalue weighted by Gasteiger charge is -2.37. The summed E-state index contributed by atoms with van der Waals surface area (Å²) >= 11 is 0. The molecule has 2 fully saturated rings. The Kier molecular flexibility index (Phi) is 6.97. The molecule has 2 N–H and O–H groups in total. The molecule has 4 unspecified atom stereocenters. The minimum absolute atomic E-state index is 0.436. The van der Waals surface area contributed by atoms with Crippen LogP contribution in [0.3, 0.4) is 0 Å². The highest BCUT2D eigenvalue weighted by Gasteiger charge is 2.30. The van der Waals surface area contributed by atoms with Gasteiger partial charge in [-0.15, -0.1) is 0 Å². The smallest absolute Gasteiger partial charge is 0.0223 e. The van der Waals surface area contributed by atoms with E-state index in [4.69, 9.17) is 5.73 Å². The van der Waals surface area contributed by atoms with Crippen LogP contribution in [0.4, 0.5) is 0 Å². The summed E-state index contributed by atoms with van der Waals surface area (Å²) in [6.07, 6.45) is 9.47. The van der Waals surface area contributed by atoms with Crippen molar-refractivity contribution in [2.24, 2.45) is 17.6 Å². The number of nitrogens with zero attached hydrogens (tertiary/aromatic N) is 2. The summed E-state index contributed by atoms with van der Waals surface area (Å²) in [5, 5.41) is 0. The Morgan fingerprint density at radius 1 is 1.14 bits per heavy atom. The Labute approximate surface area is 132 Å². The van der Waals surface area contributed by atoms with Gasteiger partial charge in [0.1, 0.15) is 0 Å². The van der Waals surface area contributed by atoms with Gasteiger partial charge < -0.3 is 10.6 Å². The molecule has 1 aliphatic carbocycles. The molecule has 0 bridgehead atoms. The van der Waals surface area contributed by atoms with Crippen LogP contribution < -0.4 is 5.73 Å². The molecule has 0 aromatic carbocycles. The minimum atomic E-state index is 0.436. The van der Waals surface area contributed by atoms with Crippen molar-refractivity contribution in [3.05, 3.63) is 0 Å². The lowest BCUT2D eigenvalue weighted by atomic mass is 9.76. The van der Waals surface area contributed by atoms with Crippen molar-refractivity contribution in [2.45, 2.75) is 70.9 Å². The summed E-state index contributed by atoms with van der Waals surface area (Å²) in [7, 11) is 2.31. The first kappa shape index (κ1) is 17.2. The van der Waals surface area contributed by atoms with Gasteiger partial charge in [-0.25, -0.2) is 0 Å². The molecule has 1 heterocycles. The Balaban J connectivity index is 1.78. The largest absolute Gasteiger partial charge is 0.327 e. The fourth-order valence-corrected chi connectivity index (χ4v) is 4.62. The molecular weight excluding hydrogens is 258 g/mol. The maximum absolute atomic E-state index is 6.41. The monoisotopic (exact) mass is 295 g/mol. The van der Waals surface area contributed by atoms with E-state index in [1.54, 1.807) is 0 Å². The number of hydrogen-bond acceptors (Lipinski definition) is 3. The predicted octanol–water partition coefficient (Wildman–Crippen LogP) is 2.95. The maximum Gasteiger partial charge on any atom is 0.0223 e. The van der Waals surface area contributed by atoms with Crippen LogP contribution in [0.25, 0.3) is 0 Å². The number of rotatable bonds is 7. The van der Waals surface area contributed by atoms with E-state index in [9.17, 15) is 0 Å². The van der Waals surface area contributed by atoms with Crippen molar-refractivity contribution in [1.29, 1.82) is 0 Å². The lowest BCUT2D eigenvalue weighted by molar-refractivity contribution is 0.141. The van der Waals surface area contributed by atoms with Crippen molar-refractivity contribution in [2.75, 3.05) is 33.2 Å². The molecule has 2 rings (SSSR count). The SMILES string of the molecule is CCCC1CCC(N)C(CN(C)CC2CCCN2CC)C1. The molecule has 2 aliphatic rings. The third kappa shape index (κ3) is 4.94. The van der Waals surface area contributed by atoms with Crippen LogP contribution in [0.1, 0.15) is 58.8 Å². The van der Waals surface area contributed by atoms with Crippen LogP contribution in [0, 0.1) is 11.8 Å². The molecule has 1 saturated heterocycles. The molecule has 124 valence electrons. The highest BCUT2D eigenvalue weighted by molar-refractivity contribution is 4.86. The molecular formula is C18H37N3. The summed E-state index contributed by atoms with van der Waals surface area (Å²) in [5.41, 5.74) is 6.41. The molecule has 0 radical (unpaired) electrons. The van der Waals surface area contributed by atoms with E-state index in [0.29, 0.717) is 6.04 Å². The van der Waals surface area contributed by atoms with Gasteiger partial charge in [0.05, 0.1) is 0 Å². The molecule has 0 aromatic rings. The van der Waals surface area contributed by atoms with Crippen molar-refractivity contribution >= 4 is 0 Å². The van der Waals surface area contributed by atoms with Gasteiger partial charge in [0, 0.05) is 25.2 Å². The second-order valence-electron chi connectivity index (χ2n) is 7.54. The minimum Gasteiger partial charge on any atom is -0.327 e. The van der Waals surface area contributed by atoms with Crippen LogP contribution in [0.5, 0.6) is 0 Å². The topological polar surface area (TPSA) is 32.5 Å². The predicted molar refractivity (Wildman–Crippen MR) is 91.5 cm³/mol. The van der Waals surface area contributed by atoms with Gasteiger partial charge in [-0.1, -0.05) is 26.7 Å². The van der Waals surface area contributed by atoms with Crippen LogP contribution in [-0.2, 0) is 0 Å². The second kappa shape index (κ2) is 8.50. The van der Waals surface area contributed by atoms with Crippen molar-refractivity contribution in [3.8, 4) is 0 Å². The zero-order chi connectivity index (χ0) is 15.2. The zero-order valence-electron chi connectivity index (χ0n) is 14.6. The van der Waals surface area contributed by atoms with Crippen molar-refractivity contribution < 1.29 is 0 Å². The van der Waals surface area contributed by atoms with Gasteiger partial charge in [0.2, 0.25) is 0 Å². The van der Waals surface area contributed by atoms with Gasteiger partial charge in [-0.2, -0.15) is 0 Å². The number of nitrogens with two attached hydrogens (primary N) is 1. The Hall–Kier alpha value is -0.120. The molecule has 0 aromatic heterocycles.